The highest BCUT2D eigenvalue weighted by atomic mass is 35.5. The number of nitrogens with one attached hydrogen (secondary N) is 1. The van der Waals surface area contributed by atoms with Crippen LogP contribution in [0, 0.1) is 6.92 Å². The first-order valence-electron chi connectivity index (χ1n) is 12.8. The van der Waals surface area contributed by atoms with Gasteiger partial charge in [-0.25, -0.2) is 8.78 Å². The molecule has 1 aliphatic carbocycles. The molecule has 0 saturated carbocycles. The number of hydrogen-bond acceptors (Lipinski definition) is 4. The van der Waals surface area contributed by atoms with E-state index in [9.17, 15) is 13.6 Å². The summed E-state index contributed by atoms with van der Waals surface area (Å²) < 4.78 is 25.2. The molecule has 0 radical (unpaired) electrons. The number of aryl methyl sites for hydroxylation is 1. The molecule has 204 valence electrons. The van der Waals surface area contributed by atoms with Crippen LogP contribution in [0.1, 0.15) is 32.3 Å². The zero-order valence-corrected chi connectivity index (χ0v) is 23.5. The molecule has 0 aliphatic heterocycles. The quantitative estimate of drug-likeness (QED) is 0.258. The zero-order valence-electron chi connectivity index (χ0n) is 22.8. The Morgan fingerprint density at radius 2 is 1.77 bits per heavy atom. The Bertz CT molecular complexity index is 1480. The highest BCUT2D eigenvalue weighted by Crippen LogP contribution is 2.36. The topological polar surface area (TPSA) is 54.9 Å². The number of carbonyl (C=O) groups is 1. The average Bonchev–Trinajstić information content (AvgIpc) is 2.97. The maximum atomic E-state index is 12.6. The molecule has 2 aromatic carbocycles. The third-order valence-electron chi connectivity index (χ3n) is 5.71. The Morgan fingerprint density at radius 1 is 1.05 bits per heavy atom. The Kier molecular flexibility index (Phi) is 13.1. The van der Waals surface area contributed by atoms with Gasteiger partial charge in [-0.1, -0.05) is 80.6 Å². The van der Waals surface area contributed by atoms with Crippen LogP contribution in [-0.4, -0.2) is 29.8 Å². The second-order valence-electron chi connectivity index (χ2n) is 8.18. The van der Waals surface area contributed by atoms with Crippen molar-refractivity contribution in [3.63, 3.8) is 0 Å². The molecule has 0 atom stereocenters. The van der Waals surface area contributed by atoms with Crippen LogP contribution in [0.25, 0.3) is 32.9 Å². The highest BCUT2D eigenvalue weighted by molar-refractivity contribution is 6.38. The van der Waals surface area contributed by atoms with Gasteiger partial charge in [0.15, 0.2) is 0 Å². The van der Waals surface area contributed by atoms with Gasteiger partial charge in [-0.3, -0.25) is 9.97 Å². The molecule has 0 saturated heterocycles. The van der Waals surface area contributed by atoms with E-state index in [0.29, 0.717) is 24.4 Å². The molecule has 0 bridgehead atoms. The van der Waals surface area contributed by atoms with E-state index < -0.39 is 11.7 Å². The van der Waals surface area contributed by atoms with E-state index in [1.807, 2.05) is 56.4 Å². The van der Waals surface area contributed by atoms with Gasteiger partial charge < -0.3 is 10.1 Å². The predicted molar refractivity (Wildman–Crippen MR) is 160 cm³/mol. The van der Waals surface area contributed by atoms with Crippen LogP contribution < -0.4 is 5.32 Å². The molecule has 5 rings (SSSR count). The van der Waals surface area contributed by atoms with Gasteiger partial charge in [0, 0.05) is 46.1 Å². The van der Waals surface area contributed by atoms with E-state index in [-0.39, 0.29) is 5.57 Å². The molecule has 0 amide bonds. The Morgan fingerprint density at radius 3 is 2.38 bits per heavy atom. The lowest BCUT2D eigenvalue weighted by Gasteiger charge is -2.10. The fraction of sp³-hybridized carbons (Fsp3) is 0.219. The smallest absolute Gasteiger partial charge is 0.133 e. The van der Waals surface area contributed by atoms with E-state index in [1.165, 1.54) is 17.7 Å². The summed E-state index contributed by atoms with van der Waals surface area (Å²) in [7, 11) is 1.73. The second kappa shape index (κ2) is 16.3. The van der Waals surface area contributed by atoms with E-state index in [0.717, 1.165) is 39.2 Å². The molecule has 4 nitrogen and oxygen atoms in total. The number of hydrogen-bond donors (Lipinski definition) is 1. The number of benzene rings is 2. The van der Waals surface area contributed by atoms with Crippen molar-refractivity contribution in [2.45, 2.75) is 33.6 Å². The van der Waals surface area contributed by atoms with Crippen molar-refractivity contribution < 1.29 is 13.6 Å². The van der Waals surface area contributed by atoms with Gasteiger partial charge in [-0.2, -0.15) is 0 Å². The number of aromatic nitrogens is 2. The van der Waals surface area contributed by atoms with Crippen LogP contribution in [0.5, 0.6) is 0 Å². The first kappa shape index (κ1) is 31.5. The van der Waals surface area contributed by atoms with E-state index in [4.69, 9.17) is 11.6 Å². The lowest BCUT2D eigenvalue weighted by molar-refractivity contribution is -0.107. The summed E-state index contributed by atoms with van der Waals surface area (Å²) in [5.41, 5.74) is 3.91. The molecule has 2 aromatic heterocycles. The molecule has 4 aromatic rings. The SMILES string of the molecule is C=CC1=C(F)CCC=C1F.CC.CNCC=O.Cc1ccc(-c2ncc3ccccc3c2Cl)c2ncccc12. The molecule has 39 heavy (non-hydrogen) atoms. The monoisotopic (exact) mass is 549 g/mol. The maximum absolute atomic E-state index is 12.6. The zero-order chi connectivity index (χ0) is 28.8. The molecular formula is C32H34ClF2N3O. The summed E-state index contributed by atoms with van der Waals surface area (Å²) in [6, 6.07) is 16.2. The fourth-order valence-electron chi connectivity index (χ4n) is 3.81. The van der Waals surface area contributed by atoms with Crippen LogP contribution in [-0.2, 0) is 4.79 Å². The average molecular weight is 550 g/mol. The number of nitrogens with zero attached hydrogens (tertiary/aromatic N) is 2. The van der Waals surface area contributed by atoms with E-state index >= 15 is 0 Å². The number of fused-ring (bicyclic) bond motifs is 2. The predicted octanol–water partition coefficient (Wildman–Crippen LogP) is 8.89. The number of pyridine rings is 2. The summed E-state index contributed by atoms with van der Waals surface area (Å²) in [6.45, 7) is 9.85. The summed E-state index contributed by atoms with van der Waals surface area (Å²) in [5, 5.41) is 6.51. The highest BCUT2D eigenvalue weighted by Gasteiger charge is 2.14. The number of likely N-dealkylation sites (N-methyl/N-ethyl adjacent to an activating group) is 1. The number of carbonyl (C=O) groups excluding carboxylic acids is 1. The Labute approximate surface area is 234 Å². The summed E-state index contributed by atoms with van der Waals surface area (Å²) >= 11 is 6.63. The summed E-state index contributed by atoms with van der Waals surface area (Å²) in [4.78, 5) is 18.5. The first-order chi connectivity index (χ1) is 18.9. The minimum absolute atomic E-state index is 0.0197. The Balaban J connectivity index is 0.000000261. The maximum Gasteiger partial charge on any atom is 0.133 e. The standard InChI is InChI=1S/C19H13ClN2.C8H8F2.C3H7NO.C2H6/c1-12-8-9-16(18-14(12)7-4-10-21-18)19-17(20)15-6-3-2-5-13(15)11-22-19;1-2-6-7(9)4-3-5-8(6)10;1-4-2-3-5;1-2/h2-11H,1H3;2,4H,1,3,5H2;3-4H,2H2,1H3;1-2H3. The van der Waals surface area contributed by atoms with E-state index in [1.54, 1.807) is 13.2 Å². The molecule has 7 heteroatoms. The van der Waals surface area contributed by atoms with Crippen molar-refractivity contribution in [2.24, 2.45) is 0 Å². The Hall–Kier alpha value is -3.74. The summed E-state index contributed by atoms with van der Waals surface area (Å²) in [6.07, 6.45) is 7.83. The number of halogens is 3. The largest absolute Gasteiger partial charge is 0.313 e. The minimum atomic E-state index is -0.487. The molecule has 1 N–H and O–H groups in total. The van der Waals surface area contributed by atoms with Crippen molar-refractivity contribution in [3.05, 3.63) is 107 Å². The van der Waals surface area contributed by atoms with Gasteiger partial charge in [0.1, 0.15) is 17.9 Å². The third-order valence-corrected chi connectivity index (χ3v) is 6.09. The van der Waals surface area contributed by atoms with Crippen molar-refractivity contribution in [3.8, 4) is 11.3 Å². The van der Waals surface area contributed by atoms with Gasteiger partial charge in [0.25, 0.3) is 0 Å². The minimum Gasteiger partial charge on any atom is -0.313 e. The normalized spacial score (nSPS) is 12.2. The van der Waals surface area contributed by atoms with Crippen molar-refractivity contribution in [1.82, 2.24) is 15.3 Å². The lowest BCUT2D eigenvalue weighted by Crippen LogP contribution is -2.07. The molecule has 0 unspecified atom stereocenters. The van der Waals surface area contributed by atoms with Crippen molar-refractivity contribution in [1.29, 1.82) is 0 Å². The van der Waals surface area contributed by atoms with Gasteiger partial charge in [-0.15, -0.1) is 0 Å². The van der Waals surface area contributed by atoms with Gasteiger partial charge >= 0.3 is 0 Å². The molecular weight excluding hydrogens is 516 g/mol. The van der Waals surface area contributed by atoms with Gasteiger partial charge in [0.2, 0.25) is 0 Å². The van der Waals surface area contributed by atoms with E-state index in [2.05, 4.69) is 40.9 Å². The molecule has 0 fully saturated rings. The number of allylic oxidation sites excluding steroid dienone is 5. The van der Waals surface area contributed by atoms with Crippen molar-refractivity contribution in [2.75, 3.05) is 13.6 Å². The summed E-state index contributed by atoms with van der Waals surface area (Å²) in [5.74, 6) is -0.881. The van der Waals surface area contributed by atoms with Gasteiger partial charge in [0.05, 0.1) is 22.8 Å². The van der Waals surface area contributed by atoms with Crippen LogP contribution in [0.3, 0.4) is 0 Å². The van der Waals surface area contributed by atoms with Crippen LogP contribution >= 0.6 is 11.6 Å². The van der Waals surface area contributed by atoms with Crippen molar-refractivity contribution >= 4 is 39.6 Å². The van der Waals surface area contributed by atoms with Crippen LogP contribution in [0.2, 0.25) is 5.02 Å². The molecule has 1 aliphatic rings. The third kappa shape index (κ3) is 8.12. The van der Waals surface area contributed by atoms with Gasteiger partial charge in [-0.05, 0) is 38.1 Å². The van der Waals surface area contributed by atoms with Crippen LogP contribution in [0.4, 0.5) is 8.78 Å². The fourth-order valence-corrected chi connectivity index (χ4v) is 4.14. The first-order valence-corrected chi connectivity index (χ1v) is 13.1. The molecule has 0 spiro atoms. The van der Waals surface area contributed by atoms with Crippen LogP contribution in [0.15, 0.2) is 96.9 Å². The second-order valence-corrected chi connectivity index (χ2v) is 8.55. The number of rotatable bonds is 4. The molecule has 2 heterocycles. The lowest BCUT2D eigenvalue weighted by atomic mass is 10.0. The number of aldehydes is 1.